The van der Waals surface area contributed by atoms with Crippen LogP contribution < -0.4 is 20.7 Å². The summed E-state index contributed by atoms with van der Waals surface area (Å²) in [5.41, 5.74) is 6.39. The first-order valence-electron chi connectivity index (χ1n) is 9.82. The summed E-state index contributed by atoms with van der Waals surface area (Å²) in [7, 11) is 0. The second kappa shape index (κ2) is 8.28. The molecular weight excluding hydrogens is 361 g/mol. The van der Waals surface area contributed by atoms with Crippen LogP contribution in [0.5, 0.6) is 5.75 Å². The van der Waals surface area contributed by atoms with E-state index in [9.17, 15) is 9.50 Å². The van der Waals surface area contributed by atoms with Gasteiger partial charge in [-0.25, -0.2) is 14.4 Å². The minimum absolute atomic E-state index is 0.0437. The van der Waals surface area contributed by atoms with Crippen molar-refractivity contribution >= 4 is 17.3 Å². The Morgan fingerprint density at radius 2 is 2.07 bits per heavy atom. The summed E-state index contributed by atoms with van der Waals surface area (Å²) < 4.78 is 20.2. The molecule has 1 aliphatic carbocycles. The summed E-state index contributed by atoms with van der Waals surface area (Å²) in [5, 5.41) is 13.0. The maximum Gasteiger partial charge on any atom is 0.167 e. The first-order chi connectivity index (χ1) is 13.6. The maximum atomic E-state index is 14.4. The van der Waals surface area contributed by atoms with Gasteiger partial charge in [0.25, 0.3) is 0 Å². The fraction of sp³-hybridized carbons (Fsp3) is 0.500. The van der Waals surface area contributed by atoms with Crippen molar-refractivity contribution in [2.24, 2.45) is 5.73 Å². The van der Waals surface area contributed by atoms with E-state index in [1.54, 1.807) is 18.2 Å². The Morgan fingerprint density at radius 3 is 2.82 bits per heavy atom. The van der Waals surface area contributed by atoms with Crippen molar-refractivity contribution in [2.75, 3.05) is 23.3 Å². The zero-order valence-electron chi connectivity index (χ0n) is 15.7. The molecule has 2 aliphatic rings. The summed E-state index contributed by atoms with van der Waals surface area (Å²) in [6, 6.07) is 6.66. The highest BCUT2D eigenvalue weighted by Gasteiger charge is 2.31. The van der Waals surface area contributed by atoms with Crippen LogP contribution in [0.3, 0.4) is 0 Å². The van der Waals surface area contributed by atoms with Crippen LogP contribution in [0.1, 0.15) is 32.1 Å². The molecule has 8 heteroatoms. The van der Waals surface area contributed by atoms with Gasteiger partial charge in [-0.1, -0.05) is 0 Å². The largest absolute Gasteiger partial charge is 0.487 e. The van der Waals surface area contributed by atoms with E-state index in [1.165, 1.54) is 12.4 Å². The van der Waals surface area contributed by atoms with Gasteiger partial charge in [0.2, 0.25) is 0 Å². The number of ether oxygens (including phenoxy) is 1. The summed E-state index contributed by atoms with van der Waals surface area (Å²) >= 11 is 0. The molecule has 0 amide bonds. The van der Waals surface area contributed by atoms with Gasteiger partial charge in [0, 0.05) is 37.0 Å². The maximum absolute atomic E-state index is 14.4. The van der Waals surface area contributed by atoms with Crippen LogP contribution in [0.15, 0.2) is 30.6 Å². The van der Waals surface area contributed by atoms with E-state index in [2.05, 4.69) is 15.3 Å². The number of nitrogens with zero attached hydrogens (tertiary/aromatic N) is 3. The van der Waals surface area contributed by atoms with Crippen molar-refractivity contribution in [3.63, 3.8) is 0 Å². The van der Waals surface area contributed by atoms with Crippen LogP contribution >= 0.6 is 0 Å². The standard InChI is InChI=1S/C20H26FN5O2/c21-17-7-13(5-6-18(17)28-16-3-1-2-4-16)25-19-9-20(24-12-23-19)26-11-15(27)8-14(26)10-22/h5-7,9,12,14-16,27H,1-4,8,10-11,22H2,(H,23,24,25)/t14-,15-/m1/s1. The molecular formula is C20H26FN5O2. The number of hydrogen-bond acceptors (Lipinski definition) is 7. The average Bonchev–Trinajstić information content (AvgIpc) is 3.33. The van der Waals surface area contributed by atoms with Gasteiger partial charge in [-0.05, 0) is 44.2 Å². The lowest BCUT2D eigenvalue weighted by molar-refractivity contribution is 0.194. The predicted octanol–water partition coefficient (Wildman–Crippen LogP) is 2.58. The molecule has 2 atom stereocenters. The Bertz CT molecular complexity index is 815. The van der Waals surface area contributed by atoms with Crippen molar-refractivity contribution < 1.29 is 14.2 Å². The Morgan fingerprint density at radius 1 is 1.25 bits per heavy atom. The Kier molecular flexibility index (Phi) is 5.59. The summed E-state index contributed by atoms with van der Waals surface area (Å²) in [4.78, 5) is 10.5. The van der Waals surface area contributed by atoms with E-state index >= 15 is 0 Å². The lowest BCUT2D eigenvalue weighted by atomic mass is 10.2. The topological polar surface area (TPSA) is 96.5 Å². The van der Waals surface area contributed by atoms with Crippen LogP contribution in [-0.2, 0) is 0 Å². The lowest BCUT2D eigenvalue weighted by Crippen LogP contribution is -2.36. The van der Waals surface area contributed by atoms with Crippen LogP contribution in [0.4, 0.5) is 21.7 Å². The molecule has 1 aromatic carbocycles. The van der Waals surface area contributed by atoms with Crippen molar-refractivity contribution in [1.82, 2.24) is 9.97 Å². The Hall–Kier alpha value is -2.45. The fourth-order valence-corrected chi connectivity index (χ4v) is 3.98. The number of anilines is 3. The molecule has 1 saturated carbocycles. The van der Waals surface area contributed by atoms with Crippen molar-refractivity contribution in [3.8, 4) is 5.75 Å². The number of nitrogens with one attached hydrogen (secondary N) is 1. The van der Waals surface area contributed by atoms with E-state index in [0.717, 1.165) is 25.7 Å². The van der Waals surface area contributed by atoms with Gasteiger partial charge in [-0.3, -0.25) is 0 Å². The third kappa shape index (κ3) is 4.18. The highest BCUT2D eigenvalue weighted by molar-refractivity contribution is 5.60. The van der Waals surface area contributed by atoms with E-state index in [4.69, 9.17) is 10.5 Å². The Balaban J connectivity index is 1.46. The number of nitrogens with two attached hydrogens (primary N) is 1. The predicted molar refractivity (Wildman–Crippen MR) is 105 cm³/mol. The fourth-order valence-electron chi connectivity index (χ4n) is 3.98. The molecule has 7 nitrogen and oxygen atoms in total. The molecule has 0 bridgehead atoms. The average molecular weight is 387 g/mol. The quantitative estimate of drug-likeness (QED) is 0.701. The van der Waals surface area contributed by atoms with Gasteiger partial charge >= 0.3 is 0 Å². The number of hydrogen-bond donors (Lipinski definition) is 3. The first kappa shape index (κ1) is 18.9. The third-order valence-corrected chi connectivity index (χ3v) is 5.41. The minimum atomic E-state index is -0.415. The number of rotatable bonds is 6. The number of aliphatic hydroxyl groups is 1. The highest BCUT2D eigenvalue weighted by atomic mass is 19.1. The molecule has 1 aliphatic heterocycles. The van der Waals surface area contributed by atoms with Gasteiger partial charge in [0.1, 0.15) is 18.0 Å². The molecule has 0 spiro atoms. The summed E-state index contributed by atoms with van der Waals surface area (Å²) in [5.74, 6) is 1.13. The van der Waals surface area contributed by atoms with Gasteiger partial charge < -0.3 is 25.8 Å². The summed E-state index contributed by atoms with van der Waals surface area (Å²) in [6.45, 7) is 0.928. The molecule has 2 aromatic rings. The van der Waals surface area contributed by atoms with E-state index in [-0.39, 0.29) is 17.9 Å². The monoisotopic (exact) mass is 387 g/mol. The zero-order chi connectivity index (χ0) is 19.5. The summed E-state index contributed by atoms with van der Waals surface area (Å²) in [6.07, 6.45) is 6.02. The lowest BCUT2D eigenvalue weighted by Gasteiger charge is -2.24. The molecule has 0 unspecified atom stereocenters. The number of aromatic nitrogens is 2. The van der Waals surface area contributed by atoms with Gasteiger partial charge in [0.15, 0.2) is 11.6 Å². The molecule has 2 fully saturated rings. The number of β-amino-alcohol motifs (C(OH)–C–C–N with tert-alkyl or cyclic N) is 1. The second-order valence-electron chi connectivity index (χ2n) is 7.49. The smallest absolute Gasteiger partial charge is 0.167 e. The van der Waals surface area contributed by atoms with Crippen molar-refractivity contribution in [2.45, 2.75) is 50.4 Å². The SMILES string of the molecule is NC[C@H]1C[C@@H](O)CN1c1cc(Nc2ccc(OC3CCCC3)c(F)c2)ncn1. The van der Waals surface area contributed by atoms with Crippen molar-refractivity contribution in [1.29, 1.82) is 0 Å². The molecule has 1 aromatic heterocycles. The van der Waals surface area contributed by atoms with Gasteiger partial charge in [-0.2, -0.15) is 0 Å². The molecule has 2 heterocycles. The van der Waals surface area contributed by atoms with Gasteiger partial charge in [0.05, 0.1) is 12.2 Å². The molecule has 4 N–H and O–H groups in total. The van der Waals surface area contributed by atoms with Gasteiger partial charge in [-0.15, -0.1) is 0 Å². The number of halogens is 1. The van der Waals surface area contributed by atoms with Crippen molar-refractivity contribution in [3.05, 3.63) is 36.4 Å². The zero-order valence-corrected chi connectivity index (χ0v) is 15.7. The molecule has 1 saturated heterocycles. The minimum Gasteiger partial charge on any atom is -0.487 e. The number of aliphatic hydroxyl groups excluding tert-OH is 1. The van der Waals surface area contributed by atoms with Crippen LogP contribution in [0, 0.1) is 5.82 Å². The highest BCUT2D eigenvalue weighted by Crippen LogP contribution is 2.29. The first-order valence-corrected chi connectivity index (χ1v) is 9.82. The Labute approximate surface area is 163 Å². The molecule has 28 heavy (non-hydrogen) atoms. The van der Waals surface area contributed by atoms with E-state index in [0.29, 0.717) is 36.8 Å². The van der Waals surface area contributed by atoms with Crippen LogP contribution in [0.25, 0.3) is 0 Å². The molecule has 4 rings (SSSR count). The van der Waals surface area contributed by atoms with E-state index < -0.39 is 11.9 Å². The van der Waals surface area contributed by atoms with E-state index in [1.807, 2.05) is 4.90 Å². The number of benzene rings is 1. The molecule has 150 valence electrons. The third-order valence-electron chi connectivity index (χ3n) is 5.41. The normalized spacial score (nSPS) is 22.6. The van der Waals surface area contributed by atoms with Crippen LogP contribution in [0.2, 0.25) is 0 Å². The van der Waals surface area contributed by atoms with Crippen LogP contribution in [-0.4, -0.2) is 46.4 Å². The molecule has 0 radical (unpaired) electrons. The second-order valence-corrected chi connectivity index (χ2v) is 7.49.